The molecule has 0 unspecified atom stereocenters. The van der Waals surface area contributed by atoms with Crippen LogP contribution in [-0.2, 0) is 6.54 Å². The Hall–Kier alpha value is -1.39. The average Bonchev–Trinajstić information content (AvgIpc) is 2.78. The van der Waals surface area contributed by atoms with Crippen molar-refractivity contribution in [1.29, 1.82) is 0 Å². The maximum absolute atomic E-state index is 5.16. The largest absolute Gasteiger partial charge is 0.495 e. The fourth-order valence-corrected chi connectivity index (χ4v) is 2.39. The van der Waals surface area contributed by atoms with Gasteiger partial charge in [-0.15, -0.1) is 11.3 Å². The Labute approximate surface area is 99.1 Å². The smallest absolute Gasteiger partial charge is 0.137 e. The third-order valence-electron chi connectivity index (χ3n) is 2.27. The van der Waals surface area contributed by atoms with E-state index in [1.165, 1.54) is 10.4 Å². The van der Waals surface area contributed by atoms with Gasteiger partial charge in [-0.25, -0.2) is 0 Å². The van der Waals surface area contributed by atoms with Crippen LogP contribution in [0.3, 0.4) is 0 Å². The summed E-state index contributed by atoms with van der Waals surface area (Å²) in [6.45, 7) is 0.897. The molecule has 0 radical (unpaired) electrons. The van der Waals surface area contributed by atoms with Gasteiger partial charge in [-0.2, -0.15) is 0 Å². The molecule has 0 aliphatic rings. The molecule has 3 nitrogen and oxygen atoms in total. The Balaban J connectivity index is 2.27. The van der Waals surface area contributed by atoms with E-state index in [-0.39, 0.29) is 0 Å². The van der Waals surface area contributed by atoms with Gasteiger partial charge in [-0.05, 0) is 30.1 Å². The van der Waals surface area contributed by atoms with Crippen LogP contribution in [0, 0.1) is 0 Å². The molecule has 0 saturated carbocycles. The number of nitrogens with zero attached hydrogens (tertiary/aromatic N) is 1. The van der Waals surface area contributed by atoms with Gasteiger partial charge in [0.1, 0.15) is 5.75 Å². The average molecular weight is 234 g/mol. The van der Waals surface area contributed by atoms with Crippen LogP contribution in [0.25, 0.3) is 10.4 Å². The van der Waals surface area contributed by atoms with Crippen LogP contribution < -0.4 is 10.1 Å². The summed E-state index contributed by atoms with van der Waals surface area (Å²) in [5.74, 6) is 0.793. The molecule has 2 aromatic rings. The van der Waals surface area contributed by atoms with Crippen LogP contribution in [0.4, 0.5) is 0 Å². The van der Waals surface area contributed by atoms with Crippen molar-refractivity contribution in [2.45, 2.75) is 6.54 Å². The highest BCUT2D eigenvalue weighted by Crippen LogP contribution is 2.28. The molecule has 0 spiro atoms. The monoisotopic (exact) mass is 234 g/mol. The minimum atomic E-state index is 0.793. The molecule has 2 heterocycles. The summed E-state index contributed by atoms with van der Waals surface area (Å²) in [5, 5.41) is 5.30. The van der Waals surface area contributed by atoms with Gasteiger partial charge in [0.25, 0.3) is 0 Å². The first-order valence-electron chi connectivity index (χ1n) is 5.05. The molecule has 0 aliphatic carbocycles. The van der Waals surface area contributed by atoms with Crippen molar-refractivity contribution in [2.75, 3.05) is 14.2 Å². The Kier molecular flexibility index (Phi) is 3.54. The molecule has 0 saturated heterocycles. The third-order valence-corrected chi connectivity index (χ3v) is 3.30. The molecule has 16 heavy (non-hydrogen) atoms. The van der Waals surface area contributed by atoms with Crippen molar-refractivity contribution in [3.05, 3.63) is 35.5 Å². The van der Waals surface area contributed by atoms with Crippen LogP contribution in [0.15, 0.2) is 29.9 Å². The normalized spacial score (nSPS) is 10.4. The van der Waals surface area contributed by atoms with Crippen molar-refractivity contribution >= 4 is 11.3 Å². The number of hydrogen-bond acceptors (Lipinski definition) is 4. The lowest BCUT2D eigenvalue weighted by molar-refractivity contribution is 0.413. The van der Waals surface area contributed by atoms with E-state index in [0.29, 0.717) is 0 Å². The highest BCUT2D eigenvalue weighted by atomic mass is 32.1. The summed E-state index contributed by atoms with van der Waals surface area (Å²) in [6, 6.07) is 4.18. The highest BCUT2D eigenvalue weighted by Gasteiger charge is 2.03. The number of ether oxygens (including phenoxy) is 1. The van der Waals surface area contributed by atoms with Crippen LogP contribution >= 0.6 is 11.3 Å². The Morgan fingerprint density at radius 3 is 3.00 bits per heavy atom. The van der Waals surface area contributed by atoms with E-state index < -0.39 is 0 Å². The molecule has 0 aromatic carbocycles. The fraction of sp³-hybridized carbons (Fsp3) is 0.250. The van der Waals surface area contributed by atoms with Crippen LogP contribution in [0.2, 0.25) is 0 Å². The van der Waals surface area contributed by atoms with E-state index in [2.05, 4.69) is 21.7 Å². The minimum absolute atomic E-state index is 0.793. The van der Waals surface area contributed by atoms with E-state index in [1.807, 2.05) is 19.3 Å². The van der Waals surface area contributed by atoms with Gasteiger partial charge in [0.15, 0.2) is 0 Å². The molecular formula is C12H14N2OS. The second-order valence-electron chi connectivity index (χ2n) is 3.46. The maximum Gasteiger partial charge on any atom is 0.137 e. The first-order chi connectivity index (χ1) is 7.83. The maximum atomic E-state index is 5.16. The van der Waals surface area contributed by atoms with Gasteiger partial charge in [-0.3, -0.25) is 4.98 Å². The lowest BCUT2D eigenvalue weighted by Gasteiger charge is -2.01. The van der Waals surface area contributed by atoms with Crippen LogP contribution in [0.5, 0.6) is 5.75 Å². The van der Waals surface area contributed by atoms with E-state index >= 15 is 0 Å². The van der Waals surface area contributed by atoms with Crippen LogP contribution in [0.1, 0.15) is 5.56 Å². The minimum Gasteiger partial charge on any atom is -0.495 e. The number of hydrogen-bond donors (Lipinski definition) is 1. The summed E-state index contributed by atoms with van der Waals surface area (Å²) in [7, 11) is 3.60. The molecule has 0 fully saturated rings. The molecule has 84 valence electrons. The molecule has 0 bridgehead atoms. The van der Waals surface area contributed by atoms with Crippen molar-refractivity contribution in [2.24, 2.45) is 0 Å². The molecule has 4 heteroatoms. The van der Waals surface area contributed by atoms with Gasteiger partial charge < -0.3 is 10.1 Å². The molecule has 1 N–H and O–H groups in total. The zero-order valence-electron chi connectivity index (χ0n) is 9.36. The number of nitrogens with one attached hydrogen (secondary N) is 1. The summed E-state index contributed by atoms with van der Waals surface area (Å²) in [5.41, 5.74) is 2.40. The van der Waals surface area contributed by atoms with E-state index in [9.17, 15) is 0 Å². The standard InChI is InChI=1S/C12H14N2OS/c1-13-5-9-3-12(16-8-9)10-4-11(15-2)7-14-6-10/h3-4,6-8,13H,5H2,1-2H3. The molecule has 2 aromatic heterocycles. The lowest BCUT2D eigenvalue weighted by atomic mass is 10.2. The Morgan fingerprint density at radius 1 is 1.38 bits per heavy atom. The third kappa shape index (κ3) is 2.40. The van der Waals surface area contributed by atoms with Crippen molar-refractivity contribution in [3.63, 3.8) is 0 Å². The van der Waals surface area contributed by atoms with Crippen molar-refractivity contribution in [1.82, 2.24) is 10.3 Å². The molecular weight excluding hydrogens is 220 g/mol. The molecule has 0 aliphatic heterocycles. The van der Waals surface area contributed by atoms with Gasteiger partial charge >= 0.3 is 0 Å². The number of thiophene rings is 1. The quantitative estimate of drug-likeness (QED) is 0.882. The van der Waals surface area contributed by atoms with E-state index in [1.54, 1.807) is 24.6 Å². The predicted molar refractivity (Wildman–Crippen MR) is 66.9 cm³/mol. The zero-order chi connectivity index (χ0) is 11.4. The topological polar surface area (TPSA) is 34.2 Å². The van der Waals surface area contributed by atoms with E-state index in [0.717, 1.165) is 17.9 Å². The second kappa shape index (κ2) is 5.09. The van der Waals surface area contributed by atoms with Gasteiger partial charge in [0.2, 0.25) is 0 Å². The predicted octanol–water partition coefficient (Wildman–Crippen LogP) is 2.54. The van der Waals surface area contributed by atoms with Gasteiger partial charge in [-0.1, -0.05) is 0 Å². The van der Waals surface area contributed by atoms with Crippen molar-refractivity contribution in [3.8, 4) is 16.2 Å². The Bertz CT molecular complexity index is 468. The lowest BCUT2D eigenvalue weighted by Crippen LogP contribution is -2.03. The van der Waals surface area contributed by atoms with Crippen molar-refractivity contribution < 1.29 is 4.74 Å². The number of rotatable bonds is 4. The summed E-state index contributed by atoms with van der Waals surface area (Å²) in [4.78, 5) is 5.37. The molecule has 2 rings (SSSR count). The first-order valence-corrected chi connectivity index (χ1v) is 5.93. The number of pyridine rings is 1. The van der Waals surface area contributed by atoms with E-state index in [4.69, 9.17) is 4.74 Å². The summed E-state index contributed by atoms with van der Waals surface area (Å²) >= 11 is 1.73. The number of methoxy groups -OCH3 is 1. The van der Waals surface area contributed by atoms with Gasteiger partial charge in [0.05, 0.1) is 13.3 Å². The van der Waals surface area contributed by atoms with Crippen LogP contribution in [-0.4, -0.2) is 19.1 Å². The first kappa shape index (κ1) is 11.1. The second-order valence-corrected chi connectivity index (χ2v) is 4.37. The van der Waals surface area contributed by atoms with Gasteiger partial charge in [0, 0.05) is 23.2 Å². The highest BCUT2D eigenvalue weighted by molar-refractivity contribution is 7.13. The summed E-state index contributed by atoms with van der Waals surface area (Å²) < 4.78 is 5.16. The SMILES string of the molecule is CNCc1csc(-c2cncc(OC)c2)c1. The molecule has 0 atom stereocenters. The summed E-state index contributed by atoms with van der Waals surface area (Å²) in [6.07, 6.45) is 3.57. The molecule has 0 amide bonds. The number of aromatic nitrogens is 1. The zero-order valence-corrected chi connectivity index (χ0v) is 10.2. The Morgan fingerprint density at radius 2 is 2.25 bits per heavy atom. The fourth-order valence-electron chi connectivity index (χ4n) is 1.49.